The summed E-state index contributed by atoms with van der Waals surface area (Å²) in [7, 11) is 1.39. The highest BCUT2D eigenvalue weighted by Crippen LogP contribution is 2.42. The maximum atomic E-state index is 14.5. The van der Waals surface area contributed by atoms with Crippen LogP contribution in [-0.4, -0.2) is 59.0 Å². The van der Waals surface area contributed by atoms with Gasteiger partial charge in [-0.3, -0.25) is 14.6 Å². The average Bonchev–Trinajstić information content (AvgIpc) is 3.49. The van der Waals surface area contributed by atoms with Crippen LogP contribution in [0.2, 0.25) is 0 Å². The number of nitrogens with one attached hydrogen (secondary N) is 3. The van der Waals surface area contributed by atoms with E-state index in [4.69, 9.17) is 9.47 Å². The number of rotatable bonds is 8. The molecule has 1 aromatic carbocycles. The number of benzene rings is 1. The normalized spacial score (nSPS) is 18.5. The molecule has 1 atom stereocenters. The number of hydrogen-bond donors (Lipinski definition) is 3. The Labute approximate surface area is 220 Å². The minimum Gasteiger partial charge on any atom is -0.492 e. The number of nitrogens with zero attached hydrogens (tertiary/aromatic N) is 2. The van der Waals surface area contributed by atoms with Crippen molar-refractivity contribution in [3.05, 3.63) is 66.4 Å². The summed E-state index contributed by atoms with van der Waals surface area (Å²) in [5, 5.41) is 6.11. The maximum absolute atomic E-state index is 14.5. The van der Waals surface area contributed by atoms with Crippen LogP contribution < -0.4 is 20.1 Å². The predicted molar refractivity (Wildman–Crippen MR) is 141 cm³/mol. The number of aromatic nitrogens is 2. The quantitative estimate of drug-likeness (QED) is 0.385. The van der Waals surface area contributed by atoms with Gasteiger partial charge >= 0.3 is 0 Å². The molecular formula is C28H30FN5O4. The summed E-state index contributed by atoms with van der Waals surface area (Å²) in [6.07, 6.45) is 6.85. The third-order valence-electron chi connectivity index (χ3n) is 7.18. The highest BCUT2D eigenvalue weighted by atomic mass is 19.1. The number of carbonyl (C=O) groups excluding carboxylic acids is 2. The summed E-state index contributed by atoms with van der Waals surface area (Å²) in [5.74, 6) is -0.361. The molecule has 0 bridgehead atoms. The first-order valence-corrected chi connectivity index (χ1v) is 12.5. The van der Waals surface area contributed by atoms with Crippen molar-refractivity contribution in [1.29, 1.82) is 0 Å². The number of fused-ring (bicyclic) bond motifs is 1. The number of methoxy groups -OCH3 is 1. The molecule has 3 N–H and O–H groups in total. The molecule has 0 unspecified atom stereocenters. The Balaban J connectivity index is 1.55. The number of ether oxygens (including phenoxy) is 2. The maximum Gasteiger partial charge on any atom is 0.255 e. The van der Waals surface area contributed by atoms with Gasteiger partial charge in [0.05, 0.1) is 41.5 Å². The zero-order chi connectivity index (χ0) is 26.9. The van der Waals surface area contributed by atoms with Crippen molar-refractivity contribution < 1.29 is 23.5 Å². The molecule has 4 heterocycles. The van der Waals surface area contributed by atoms with Crippen LogP contribution in [0.15, 0.2) is 49.3 Å². The second kappa shape index (κ2) is 10.2. The van der Waals surface area contributed by atoms with Gasteiger partial charge in [0.2, 0.25) is 5.91 Å². The second-order valence-corrected chi connectivity index (χ2v) is 9.64. The Morgan fingerprint density at radius 1 is 1.37 bits per heavy atom. The Morgan fingerprint density at radius 2 is 2.21 bits per heavy atom. The Bertz CT molecular complexity index is 1400. The van der Waals surface area contributed by atoms with Crippen molar-refractivity contribution >= 4 is 23.2 Å². The molecule has 1 saturated heterocycles. The minimum absolute atomic E-state index is 0.0388. The monoisotopic (exact) mass is 519 g/mol. The first-order valence-electron chi connectivity index (χ1n) is 12.5. The molecule has 198 valence electrons. The summed E-state index contributed by atoms with van der Waals surface area (Å²) in [4.78, 5) is 34.8. The number of aromatic amines is 1. The molecule has 3 aromatic rings. The molecule has 9 nitrogen and oxygen atoms in total. The van der Waals surface area contributed by atoms with Gasteiger partial charge in [-0.25, -0.2) is 4.39 Å². The van der Waals surface area contributed by atoms with E-state index < -0.39 is 11.4 Å². The SMILES string of the molecule is C=CC(=O)N1CCC[C@@]1(C)COc1cnccc1-c1[nH]c2c(c1Nc1cccc(F)c1OC)C(=O)NCC2. The molecule has 5 rings (SSSR count). The number of likely N-dealkylation sites (tertiary alicyclic amines) is 1. The third kappa shape index (κ3) is 4.46. The lowest BCUT2D eigenvalue weighted by atomic mass is 10.00. The van der Waals surface area contributed by atoms with Crippen molar-refractivity contribution in [2.75, 3.05) is 32.1 Å². The van der Waals surface area contributed by atoms with Crippen LogP contribution in [0.25, 0.3) is 11.3 Å². The number of anilines is 2. The summed E-state index contributed by atoms with van der Waals surface area (Å²) >= 11 is 0. The first kappa shape index (κ1) is 25.3. The summed E-state index contributed by atoms with van der Waals surface area (Å²) in [5.41, 5.74) is 2.84. The summed E-state index contributed by atoms with van der Waals surface area (Å²) in [6, 6.07) is 6.35. The van der Waals surface area contributed by atoms with E-state index in [1.165, 1.54) is 19.3 Å². The molecule has 0 saturated carbocycles. The van der Waals surface area contributed by atoms with Crippen molar-refractivity contribution in [1.82, 2.24) is 20.2 Å². The number of para-hydroxylation sites is 1. The second-order valence-electron chi connectivity index (χ2n) is 9.64. The molecule has 2 aliphatic rings. The van der Waals surface area contributed by atoms with Gasteiger partial charge in [-0.1, -0.05) is 12.6 Å². The smallest absolute Gasteiger partial charge is 0.255 e. The zero-order valence-corrected chi connectivity index (χ0v) is 21.4. The molecule has 0 spiro atoms. The number of amides is 2. The van der Waals surface area contributed by atoms with Gasteiger partial charge in [0.15, 0.2) is 11.6 Å². The highest BCUT2D eigenvalue weighted by Gasteiger charge is 2.40. The largest absolute Gasteiger partial charge is 0.492 e. The zero-order valence-electron chi connectivity index (χ0n) is 21.4. The van der Waals surface area contributed by atoms with Crippen LogP contribution in [0.1, 0.15) is 35.8 Å². The standard InChI is InChI=1S/C28H30FN5O4/c1-4-22(35)34-14-6-11-28(34,2)16-38-21-15-30-12-9-17(21)24-25(23-19(32-24)10-13-31-27(23)36)33-20-8-5-7-18(29)26(20)37-3/h4-5,7-9,12,15,32-33H,1,6,10-11,13-14,16H2,2-3H3,(H,31,36)/t28-/m0/s1. The van der Waals surface area contributed by atoms with E-state index >= 15 is 0 Å². The number of halogens is 1. The lowest BCUT2D eigenvalue weighted by molar-refractivity contribution is -0.130. The van der Waals surface area contributed by atoms with Gasteiger partial charge in [0.25, 0.3) is 5.91 Å². The third-order valence-corrected chi connectivity index (χ3v) is 7.18. The molecule has 0 radical (unpaired) electrons. The first-order chi connectivity index (χ1) is 18.4. The number of carbonyl (C=O) groups is 2. The fraction of sp³-hybridized carbons (Fsp3) is 0.321. The molecule has 10 heteroatoms. The van der Waals surface area contributed by atoms with E-state index in [9.17, 15) is 14.0 Å². The van der Waals surface area contributed by atoms with Gasteiger partial charge in [-0.2, -0.15) is 0 Å². The van der Waals surface area contributed by atoms with Crippen LogP contribution >= 0.6 is 0 Å². The van der Waals surface area contributed by atoms with E-state index in [1.54, 1.807) is 35.5 Å². The Kier molecular flexibility index (Phi) is 6.79. The molecular weight excluding hydrogens is 489 g/mol. The van der Waals surface area contributed by atoms with Gasteiger partial charge in [0.1, 0.15) is 12.4 Å². The van der Waals surface area contributed by atoms with E-state index in [1.807, 2.05) is 6.92 Å². The van der Waals surface area contributed by atoms with E-state index in [0.29, 0.717) is 53.5 Å². The molecule has 0 aliphatic carbocycles. The van der Waals surface area contributed by atoms with Crippen LogP contribution in [0.3, 0.4) is 0 Å². The van der Waals surface area contributed by atoms with Gasteiger partial charge in [0, 0.05) is 37.0 Å². The lowest BCUT2D eigenvalue weighted by Gasteiger charge is -2.34. The number of H-pyrrole nitrogens is 1. The molecule has 2 aromatic heterocycles. The van der Waals surface area contributed by atoms with Gasteiger partial charge < -0.3 is 30.0 Å². The van der Waals surface area contributed by atoms with Crippen LogP contribution in [0.5, 0.6) is 11.5 Å². The van der Waals surface area contributed by atoms with E-state index in [-0.39, 0.29) is 24.2 Å². The predicted octanol–water partition coefficient (Wildman–Crippen LogP) is 4.20. The highest BCUT2D eigenvalue weighted by molar-refractivity contribution is 6.06. The number of hydrogen-bond acceptors (Lipinski definition) is 6. The van der Waals surface area contributed by atoms with Crippen molar-refractivity contribution in [3.63, 3.8) is 0 Å². The average molecular weight is 520 g/mol. The summed E-state index contributed by atoms with van der Waals surface area (Å²) < 4.78 is 26.1. The van der Waals surface area contributed by atoms with Gasteiger partial charge in [-0.05, 0) is 44.0 Å². The fourth-order valence-electron chi connectivity index (χ4n) is 5.25. The van der Waals surface area contributed by atoms with E-state index in [0.717, 1.165) is 18.5 Å². The Morgan fingerprint density at radius 3 is 3.00 bits per heavy atom. The van der Waals surface area contributed by atoms with Crippen LogP contribution in [0, 0.1) is 5.82 Å². The Hall–Kier alpha value is -4.34. The van der Waals surface area contributed by atoms with Crippen LogP contribution in [0.4, 0.5) is 15.8 Å². The molecule has 2 amide bonds. The fourth-order valence-corrected chi connectivity index (χ4v) is 5.25. The van der Waals surface area contributed by atoms with Crippen LogP contribution in [-0.2, 0) is 11.2 Å². The molecule has 2 aliphatic heterocycles. The number of pyridine rings is 1. The summed E-state index contributed by atoms with van der Waals surface area (Å²) in [6.45, 7) is 7.02. The minimum atomic E-state index is -0.524. The van der Waals surface area contributed by atoms with Crippen molar-refractivity contribution in [3.8, 4) is 22.8 Å². The molecule has 1 fully saturated rings. The topological polar surface area (TPSA) is 109 Å². The van der Waals surface area contributed by atoms with E-state index in [2.05, 4.69) is 27.2 Å². The van der Waals surface area contributed by atoms with Crippen molar-refractivity contribution in [2.45, 2.75) is 31.7 Å². The lowest BCUT2D eigenvalue weighted by Crippen LogP contribution is -2.48. The van der Waals surface area contributed by atoms with Gasteiger partial charge in [-0.15, -0.1) is 0 Å². The molecule has 38 heavy (non-hydrogen) atoms. The van der Waals surface area contributed by atoms with Crippen molar-refractivity contribution in [2.24, 2.45) is 0 Å².